The van der Waals surface area contributed by atoms with E-state index in [9.17, 15) is 0 Å². The predicted molar refractivity (Wildman–Crippen MR) is 74.7 cm³/mol. The van der Waals surface area contributed by atoms with Crippen LogP contribution in [0.4, 0.5) is 0 Å². The van der Waals surface area contributed by atoms with Gasteiger partial charge < -0.3 is 14.8 Å². The summed E-state index contributed by atoms with van der Waals surface area (Å²) < 4.78 is 10.8. The van der Waals surface area contributed by atoms with Gasteiger partial charge >= 0.3 is 0 Å². The van der Waals surface area contributed by atoms with E-state index in [0.717, 1.165) is 29.9 Å². The fourth-order valence-electron chi connectivity index (χ4n) is 3.33. The quantitative estimate of drug-likeness (QED) is 0.888. The van der Waals surface area contributed by atoms with Gasteiger partial charge in [0.2, 0.25) is 0 Å². The van der Waals surface area contributed by atoms with Crippen molar-refractivity contribution in [3.63, 3.8) is 0 Å². The molecule has 2 aliphatic heterocycles. The molecule has 0 radical (unpaired) electrons. The van der Waals surface area contributed by atoms with E-state index in [2.05, 4.69) is 16.3 Å². The van der Waals surface area contributed by atoms with E-state index in [1.54, 1.807) is 14.2 Å². The molecule has 0 aliphatic carbocycles. The summed E-state index contributed by atoms with van der Waals surface area (Å²) in [4.78, 5) is 2.54. The fourth-order valence-corrected chi connectivity index (χ4v) is 3.33. The van der Waals surface area contributed by atoms with Gasteiger partial charge in [-0.3, -0.25) is 4.90 Å². The van der Waals surface area contributed by atoms with Crippen molar-refractivity contribution in [2.45, 2.75) is 6.54 Å². The average Bonchev–Trinajstić information content (AvgIpc) is 2.99. The Bertz CT molecular complexity index is 438. The van der Waals surface area contributed by atoms with Gasteiger partial charge in [-0.1, -0.05) is 0 Å². The van der Waals surface area contributed by atoms with Crippen molar-refractivity contribution in [3.05, 3.63) is 23.8 Å². The van der Waals surface area contributed by atoms with Crippen LogP contribution in [0, 0.1) is 11.8 Å². The second-order valence-electron chi connectivity index (χ2n) is 5.55. The number of nitrogens with zero attached hydrogens (tertiary/aromatic N) is 1. The second kappa shape index (κ2) is 5.39. The van der Waals surface area contributed by atoms with E-state index in [1.165, 1.54) is 31.7 Å². The molecule has 4 nitrogen and oxygen atoms in total. The van der Waals surface area contributed by atoms with Gasteiger partial charge in [0, 0.05) is 25.2 Å². The first-order chi connectivity index (χ1) is 9.30. The van der Waals surface area contributed by atoms with Crippen molar-refractivity contribution in [3.8, 4) is 11.5 Å². The smallest absolute Gasteiger partial charge is 0.123 e. The summed E-state index contributed by atoms with van der Waals surface area (Å²) in [7, 11) is 3.44. The summed E-state index contributed by atoms with van der Waals surface area (Å²) in [6, 6.07) is 6.03. The average molecular weight is 262 g/mol. The van der Waals surface area contributed by atoms with Crippen LogP contribution < -0.4 is 14.8 Å². The zero-order valence-electron chi connectivity index (χ0n) is 11.7. The van der Waals surface area contributed by atoms with Gasteiger partial charge in [0.15, 0.2) is 0 Å². The Hall–Kier alpha value is -1.26. The predicted octanol–water partition coefficient (Wildman–Crippen LogP) is 1.35. The van der Waals surface area contributed by atoms with Gasteiger partial charge in [0.25, 0.3) is 0 Å². The third-order valence-corrected chi connectivity index (χ3v) is 4.35. The summed E-state index contributed by atoms with van der Waals surface area (Å²) in [5.41, 5.74) is 1.22. The highest BCUT2D eigenvalue weighted by Crippen LogP contribution is 2.30. The van der Waals surface area contributed by atoms with E-state index in [1.807, 2.05) is 12.1 Å². The van der Waals surface area contributed by atoms with Crippen molar-refractivity contribution >= 4 is 0 Å². The molecule has 0 aromatic heterocycles. The van der Waals surface area contributed by atoms with Crippen LogP contribution in [-0.2, 0) is 6.54 Å². The van der Waals surface area contributed by atoms with Crippen LogP contribution in [0.5, 0.6) is 11.5 Å². The number of rotatable bonds is 4. The number of likely N-dealkylation sites (tertiary alicyclic amines) is 1. The standard InChI is InChI=1S/C15H22N2O2/c1-18-14-3-4-15(19-2)11(5-14)8-17-9-12-6-16-7-13(12)10-17/h3-5,12-13,16H,6-10H2,1-2H3/t12-,13+. The van der Waals surface area contributed by atoms with Crippen molar-refractivity contribution < 1.29 is 9.47 Å². The summed E-state index contributed by atoms with van der Waals surface area (Å²) in [6.45, 7) is 5.69. The highest BCUT2D eigenvalue weighted by Gasteiger charge is 2.36. The number of methoxy groups -OCH3 is 2. The topological polar surface area (TPSA) is 33.7 Å². The number of ether oxygens (including phenoxy) is 2. The lowest BCUT2D eigenvalue weighted by atomic mass is 10.0. The maximum atomic E-state index is 5.45. The number of benzene rings is 1. The summed E-state index contributed by atoms with van der Waals surface area (Å²) >= 11 is 0. The number of nitrogens with one attached hydrogen (secondary N) is 1. The molecule has 19 heavy (non-hydrogen) atoms. The molecule has 0 bridgehead atoms. The molecule has 2 heterocycles. The molecule has 2 atom stereocenters. The molecular formula is C15H22N2O2. The molecule has 2 aliphatic rings. The fraction of sp³-hybridized carbons (Fsp3) is 0.600. The van der Waals surface area contributed by atoms with Gasteiger partial charge in [-0.15, -0.1) is 0 Å². The van der Waals surface area contributed by atoms with E-state index >= 15 is 0 Å². The van der Waals surface area contributed by atoms with Crippen molar-refractivity contribution in [1.82, 2.24) is 10.2 Å². The Morgan fingerprint density at radius 2 is 1.89 bits per heavy atom. The normalized spacial score (nSPS) is 26.4. The Balaban J connectivity index is 1.72. The van der Waals surface area contributed by atoms with Gasteiger partial charge in [-0.2, -0.15) is 0 Å². The molecule has 0 unspecified atom stereocenters. The molecule has 4 heteroatoms. The van der Waals surface area contributed by atoms with E-state index in [0.29, 0.717) is 0 Å². The summed E-state index contributed by atoms with van der Waals surface area (Å²) in [6.07, 6.45) is 0. The summed E-state index contributed by atoms with van der Waals surface area (Å²) in [5, 5.41) is 3.48. The Morgan fingerprint density at radius 3 is 2.53 bits per heavy atom. The minimum atomic E-state index is 0.830. The molecule has 2 saturated heterocycles. The van der Waals surface area contributed by atoms with Gasteiger partial charge in [-0.25, -0.2) is 0 Å². The largest absolute Gasteiger partial charge is 0.497 e. The van der Waals surface area contributed by atoms with Crippen molar-refractivity contribution in [2.75, 3.05) is 40.4 Å². The second-order valence-corrected chi connectivity index (χ2v) is 5.55. The minimum absolute atomic E-state index is 0.830. The number of fused-ring (bicyclic) bond motifs is 1. The maximum absolute atomic E-state index is 5.45. The molecule has 3 rings (SSSR count). The Kier molecular flexibility index (Phi) is 3.62. The molecule has 0 saturated carbocycles. The zero-order chi connectivity index (χ0) is 13.2. The van der Waals surface area contributed by atoms with Crippen LogP contribution in [0.1, 0.15) is 5.56 Å². The first-order valence-electron chi connectivity index (χ1n) is 6.94. The molecule has 1 N–H and O–H groups in total. The Morgan fingerprint density at radius 1 is 1.16 bits per heavy atom. The molecule has 0 spiro atoms. The lowest BCUT2D eigenvalue weighted by Crippen LogP contribution is -2.25. The third-order valence-electron chi connectivity index (χ3n) is 4.35. The van der Waals surface area contributed by atoms with E-state index < -0.39 is 0 Å². The first-order valence-corrected chi connectivity index (χ1v) is 6.94. The molecular weight excluding hydrogens is 240 g/mol. The Labute approximate surface area is 114 Å². The van der Waals surface area contributed by atoms with Crippen molar-refractivity contribution in [2.24, 2.45) is 11.8 Å². The first kappa shape index (κ1) is 12.8. The summed E-state index contributed by atoms with van der Waals surface area (Å²) in [5.74, 6) is 3.51. The lowest BCUT2D eigenvalue weighted by Gasteiger charge is -2.19. The van der Waals surface area contributed by atoms with Crippen LogP contribution in [0.25, 0.3) is 0 Å². The molecule has 1 aromatic carbocycles. The highest BCUT2D eigenvalue weighted by atomic mass is 16.5. The van der Waals surface area contributed by atoms with Gasteiger partial charge in [0.05, 0.1) is 14.2 Å². The van der Waals surface area contributed by atoms with Gasteiger partial charge in [0.1, 0.15) is 11.5 Å². The van der Waals surface area contributed by atoms with Crippen LogP contribution in [0.2, 0.25) is 0 Å². The van der Waals surface area contributed by atoms with E-state index in [-0.39, 0.29) is 0 Å². The lowest BCUT2D eigenvalue weighted by molar-refractivity contribution is 0.297. The van der Waals surface area contributed by atoms with Crippen molar-refractivity contribution in [1.29, 1.82) is 0 Å². The molecule has 0 amide bonds. The van der Waals surface area contributed by atoms with Crippen LogP contribution in [-0.4, -0.2) is 45.3 Å². The maximum Gasteiger partial charge on any atom is 0.123 e. The number of hydrogen-bond acceptors (Lipinski definition) is 4. The minimum Gasteiger partial charge on any atom is -0.497 e. The van der Waals surface area contributed by atoms with Gasteiger partial charge in [-0.05, 0) is 43.1 Å². The molecule has 104 valence electrons. The van der Waals surface area contributed by atoms with Crippen LogP contribution in [0.3, 0.4) is 0 Å². The monoisotopic (exact) mass is 262 g/mol. The van der Waals surface area contributed by atoms with Crippen LogP contribution >= 0.6 is 0 Å². The SMILES string of the molecule is COc1ccc(OC)c(CN2C[C@H]3CNC[C@H]3C2)c1. The van der Waals surface area contributed by atoms with Crippen LogP contribution in [0.15, 0.2) is 18.2 Å². The molecule has 2 fully saturated rings. The van der Waals surface area contributed by atoms with E-state index in [4.69, 9.17) is 9.47 Å². The number of hydrogen-bond donors (Lipinski definition) is 1. The molecule has 1 aromatic rings. The zero-order valence-corrected chi connectivity index (χ0v) is 11.7. The highest BCUT2D eigenvalue weighted by molar-refractivity contribution is 5.40. The third kappa shape index (κ3) is 2.55.